The first-order valence-electron chi connectivity index (χ1n) is 7.68. The molecule has 0 atom stereocenters. The van der Waals surface area contributed by atoms with E-state index >= 15 is 0 Å². The molecule has 0 bridgehead atoms. The summed E-state index contributed by atoms with van der Waals surface area (Å²) in [5.74, 6) is 1.09. The van der Waals surface area contributed by atoms with E-state index in [1.807, 2.05) is 29.0 Å². The summed E-state index contributed by atoms with van der Waals surface area (Å²) in [6, 6.07) is 12.5. The molecular formula is C19H18N2O4. The van der Waals surface area contributed by atoms with Crippen molar-refractivity contribution in [2.24, 2.45) is 0 Å². The Labute approximate surface area is 145 Å². The van der Waals surface area contributed by atoms with Crippen LogP contribution in [0.25, 0.3) is 11.4 Å². The third-order valence-electron chi connectivity index (χ3n) is 3.91. The molecule has 3 rings (SSSR count). The lowest BCUT2D eigenvalue weighted by atomic mass is 10.1. The van der Waals surface area contributed by atoms with Gasteiger partial charge in [-0.05, 0) is 23.8 Å². The van der Waals surface area contributed by atoms with Crippen LogP contribution in [0.15, 0.2) is 54.9 Å². The van der Waals surface area contributed by atoms with Crippen molar-refractivity contribution < 1.29 is 19.4 Å². The van der Waals surface area contributed by atoms with Crippen LogP contribution in [-0.4, -0.2) is 34.8 Å². The maximum absolute atomic E-state index is 11.4. The van der Waals surface area contributed by atoms with Gasteiger partial charge in [0, 0.05) is 30.6 Å². The molecule has 0 unspecified atom stereocenters. The monoisotopic (exact) mass is 338 g/mol. The number of aromatic carboxylic acids is 1. The molecule has 25 heavy (non-hydrogen) atoms. The van der Waals surface area contributed by atoms with E-state index in [0.717, 1.165) is 5.56 Å². The molecule has 0 saturated carbocycles. The molecule has 0 aliphatic carbocycles. The zero-order valence-electron chi connectivity index (χ0n) is 14.0. The molecule has 0 aliphatic rings. The first kappa shape index (κ1) is 16.6. The van der Waals surface area contributed by atoms with Gasteiger partial charge in [-0.1, -0.05) is 18.2 Å². The van der Waals surface area contributed by atoms with Gasteiger partial charge in [-0.3, -0.25) is 0 Å². The van der Waals surface area contributed by atoms with E-state index in [4.69, 9.17) is 9.47 Å². The zero-order chi connectivity index (χ0) is 17.8. The summed E-state index contributed by atoms with van der Waals surface area (Å²) in [6.45, 7) is 0.400. The first-order valence-corrected chi connectivity index (χ1v) is 7.68. The largest absolute Gasteiger partial charge is 0.497 e. The minimum absolute atomic E-state index is 0.283. The third kappa shape index (κ3) is 3.47. The molecule has 0 spiro atoms. The Morgan fingerprint density at radius 3 is 2.44 bits per heavy atom. The van der Waals surface area contributed by atoms with Crippen LogP contribution in [0.2, 0.25) is 0 Å². The summed E-state index contributed by atoms with van der Waals surface area (Å²) in [5.41, 5.74) is 1.82. The van der Waals surface area contributed by atoms with Gasteiger partial charge in [-0.15, -0.1) is 0 Å². The van der Waals surface area contributed by atoms with E-state index in [9.17, 15) is 9.90 Å². The molecule has 1 heterocycles. The number of carbonyl (C=O) groups is 1. The number of methoxy groups -OCH3 is 2. The highest BCUT2D eigenvalue weighted by molar-refractivity contribution is 5.89. The summed E-state index contributed by atoms with van der Waals surface area (Å²) in [6.07, 6.45) is 3.50. The second-order valence-electron chi connectivity index (χ2n) is 5.44. The molecule has 0 fully saturated rings. The maximum atomic E-state index is 11.4. The fourth-order valence-corrected chi connectivity index (χ4v) is 2.68. The lowest BCUT2D eigenvalue weighted by Crippen LogP contribution is -2.07. The fourth-order valence-electron chi connectivity index (χ4n) is 2.68. The average molecular weight is 338 g/mol. The number of aromatic nitrogens is 2. The summed E-state index contributed by atoms with van der Waals surface area (Å²) in [4.78, 5) is 15.8. The van der Waals surface area contributed by atoms with Gasteiger partial charge in [-0.2, -0.15) is 0 Å². The average Bonchev–Trinajstić information content (AvgIpc) is 3.09. The highest BCUT2D eigenvalue weighted by atomic mass is 16.5. The highest BCUT2D eigenvalue weighted by Gasteiger charge is 2.13. The summed E-state index contributed by atoms with van der Waals surface area (Å²) in [5, 5.41) is 9.36. The van der Waals surface area contributed by atoms with Crippen LogP contribution in [0, 0.1) is 0 Å². The van der Waals surface area contributed by atoms with Crippen LogP contribution < -0.4 is 9.47 Å². The Balaban J connectivity index is 2.01. The zero-order valence-corrected chi connectivity index (χ0v) is 14.0. The van der Waals surface area contributed by atoms with Gasteiger partial charge in [0.15, 0.2) is 0 Å². The van der Waals surface area contributed by atoms with Gasteiger partial charge in [0.25, 0.3) is 0 Å². The molecule has 1 aromatic heterocycles. The molecule has 0 radical (unpaired) electrons. The summed E-state index contributed by atoms with van der Waals surface area (Å²) >= 11 is 0. The van der Waals surface area contributed by atoms with Crippen molar-refractivity contribution in [3.8, 4) is 22.9 Å². The Morgan fingerprint density at radius 2 is 1.80 bits per heavy atom. The van der Waals surface area contributed by atoms with E-state index in [-0.39, 0.29) is 5.56 Å². The van der Waals surface area contributed by atoms with Crippen molar-refractivity contribution in [3.63, 3.8) is 0 Å². The van der Waals surface area contributed by atoms with Gasteiger partial charge < -0.3 is 19.1 Å². The number of hydrogen-bond donors (Lipinski definition) is 1. The Hall–Kier alpha value is -3.28. The Kier molecular flexibility index (Phi) is 4.70. The number of rotatable bonds is 6. The van der Waals surface area contributed by atoms with E-state index in [1.54, 1.807) is 44.7 Å². The third-order valence-corrected chi connectivity index (χ3v) is 3.91. The van der Waals surface area contributed by atoms with Crippen LogP contribution in [0.3, 0.4) is 0 Å². The smallest absolute Gasteiger partial charge is 0.336 e. The van der Waals surface area contributed by atoms with Crippen LogP contribution in [0.4, 0.5) is 0 Å². The highest BCUT2D eigenvalue weighted by Crippen LogP contribution is 2.29. The molecular weight excluding hydrogens is 320 g/mol. The van der Waals surface area contributed by atoms with Gasteiger partial charge in [0.2, 0.25) is 0 Å². The predicted octanol–water partition coefficient (Wildman–Crippen LogP) is 3.31. The molecule has 6 nitrogen and oxygen atoms in total. The number of carboxylic acids is 1. The van der Waals surface area contributed by atoms with Gasteiger partial charge >= 0.3 is 5.97 Å². The van der Waals surface area contributed by atoms with E-state index in [1.165, 1.54) is 0 Å². The second kappa shape index (κ2) is 7.09. The summed E-state index contributed by atoms with van der Waals surface area (Å²) < 4.78 is 12.5. The van der Waals surface area contributed by atoms with Crippen LogP contribution in [0.5, 0.6) is 11.5 Å². The quantitative estimate of drug-likeness (QED) is 0.746. The maximum Gasteiger partial charge on any atom is 0.336 e. The van der Waals surface area contributed by atoms with Crippen molar-refractivity contribution >= 4 is 5.97 Å². The topological polar surface area (TPSA) is 73.6 Å². The number of hydrogen-bond acceptors (Lipinski definition) is 4. The lowest BCUT2D eigenvalue weighted by Gasteiger charge is -2.12. The first-order chi connectivity index (χ1) is 12.1. The van der Waals surface area contributed by atoms with E-state index < -0.39 is 5.97 Å². The Morgan fingerprint density at radius 1 is 1.12 bits per heavy atom. The van der Waals surface area contributed by atoms with Crippen molar-refractivity contribution in [1.29, 1.82) is 0 Å². The lowest BCUT2D eigenvalue weighted by molar-refractivity contribution is 0.0695. The van der Waals surface area contributed by atoms with Crippen LogP contribution in [-0.2, 0) is 6.54 Å². The van der Waals surface area contributed by atoms with Crippen molar-refractivity contribution in [2.45, 2.75) is 6.54 Å². The van der Waals surface area contributed by atoms with Gasteiger partial charge in [0.05, 0.1) is 19.8 Å². The normalized spacial score (nSPS) is 10.5. The minimum Gasteiger partial charge on any atom is -0.497 e. The van der Waals surface area contributed by atoms with Gasteiger partial charge in [-0.25, -0.2) is 9.78 Å². The molecule has 0 aliphatic heterocycles. The van der Waals surface area contributed by atoms with Crippen LogP contribution in [0.1, 0.15) is 15.9 Å². The molecule has 128 valence electrons. The van der Waals surface area contributed by atoms with Crippen molar-refractivity contribution in [3.05, 3.63) is 66.0 Å². The number of ether oxygens (including phenoxy) is 2. The molecule has 0 saturated heterocycles. The Bertz CT molecular complexity index is 880. The number of imidazole rings is 1. The molecule has 0 amide bonds. The molecule has 6 heteroatoms. The standard InChI is InChI=1S/C19H18N2O4/c1-24-15-9-14(10-16(11-15)25-2)18-20-7-8-21(18)12-13-5-3-4-6-17(13)19(22)23/h3-11H,12H2,1-2H3,(H,22,23). The van der Waals surface area contributed by atoms with E-state index in [0.29, 0.717) is 29.4 Å². The second-order valence-corrected chi connectivity index (χ2v) is 5.44. The number of benzene rings is 2. The minimum atomic E-state index is -0.944. The molecule has 1 N–H and O–H groups in total. The molecule has 2 aromatic carbocycles. The van der Waals surface area contributed by atoms with Gasteiger partial charge in [0.1, 0.15) is 17.3 Å². The molecule has 3 aromatic rings. The van der Waals surface area contributed by atoms with Crippen molar-refractivity contribution in [1.82, 2.24) is 9.55 Å². The predicted molar refractivity (Wildman–Crippen MR) is 93.3 cm³/mol. The van der Waals surface area contributed by atoms with E-state index in [2.05, 4.69) is 4.98 Å². The van der Waals surface area contributed by atoms with Crippen LogP contribution >= 0.6 is 0 Å². The number of nitrogens with zero attached hydrogens (tertiary/aromatic N) is 2. The summed E-state index contributed by atoms with van der Waals surface area (Å²) in [7, 11) is 3.18. The van der Waals surface area contributed by atoms with Crippen molar-refractivity contribution in [2.75, 3.05) is 14.2 Å². The fraction of sp³-hybridized carbons (Fsp3) is 0.158. The SMILES string of the molecule is COc1cc(OC)cc(-c2nccn2Cc2ccccc2C(=O)O)c1. The number of carboxylic acid groups (broad SMARTS) is 1.